The molecule has 0 radical (unpaired) electrons. The minimum atomic E-state index is -5.48. The van der Waals surface area contributed by atoms with Crippen molar-refractivity contribution in [3.05, 3.63) is 74.9 Å². The van der Waals surface area contributed by atoms with E-state index in [0.29, 0.717) is 14.3 Å². The van der Waals surface area contributed by atoms with E-state index >= 15 is 0 Å². The summed E-state index contributed by atoms with van der Waals surface area (Å²) >= 11 is 12.0. The summed E-state index contributed by atoms with van der Waals surface area (Å²) in [6.45, 7) is -2.12. The van der Waals surface area contributed by atoms with Gasteiger partial charge < -0.3 is 15.9 Å². The van der Waals surface area contributed by atoms with Crippen LogP contribution < -0.4 is 11.4 Å². The van der Waals surface area contributed by atoms with Crippen LogP contribution in [0.15, 0.2) is 47.5 Å². The van der Waals surface area contributed by atoms with Gasteiger partial charge in [-0.1, -0.05) is 23.2 Å². The molecule has 12 nitrogen and oxygen atoms in total. The van der Waals surface area contributed by atoms with Gasteiger partial charge in [0.2, 0.25) is 5.82 Å². The average Bonchev–Trinajstić information content (AvgIpc) is 3.36. The van der Waals surface area contributed by atoms with Gasteiger partial charge in [-0.05, 0) is 30.3 Å². The molecule has 37 heavy (non-hydrogen) atoms. The zero-order valence-electron chi connectivity index (χ0n) is 18.3. The van der Waals surface area contributed by atoms with Crippen LogP contribution >= 0.6 is 23.2 Å². The Hall–Kier alpha value is -3.79. The third-order valence-electron chi connectivity index (χ3n) is 5.00. The molecule has 0 saturated heterocycles. The van der Waals surface area contributed by atoms with Crippen molar-refractivity contribution in [2.24, 2.45) is 5.73 Å². The largest absolute Gasteiger partial charge is 0.444 e. The molecule has 0 saturated carbocycles. The van der Waals surface area contributed by atoms with Crippen LogP contribution in [0.5, 0.6) is 0 Å². The predicted octanol–water partition coefficient (Wildman–Crippen LogP) is 1.38. The number of carbonyl (C=O) groups excluding carboxylic acids is 1. The van der Waals surface area contributed by atoms with Gasteiger partial charge in [0.25, 0.3) is 11.7 Å². The fourth-order valence-corrected chi connectivity index (χ4v) is 3.53. The number of rotatable bonds is 7. The Morgan fingerprint density at radius 2 is 1.76 bits per heavy atom. The van der Waals surface area contributed by atoms with Gasteiger partial charge in [0.15, 0.2) is 11.6 Å². The van der Waals surface area contributed by atoms with Gasteiger partial charge in [-0.2, -0.15) is 13.2 Å². The Kier molecular flexibility index (Phi) is 6.81. The average molecular weight is 559 g/mol. The molecule has 0 aliphatic rings. The number of aromatic nitrogens is 7. The van der Waals surface area contributed by atoms with E-state index in [1.165, 1.54) is 42.7 Å². The van der Waals surface area contributed by atoms with Crippen molar-refractivity contribution in [1.82, 2.24) is 34.1 Å². The minimum absolute atomic E-state index is 0.145. The van der Waals surface area contributed by atoms with Gasteiger partial charge in [-0.3, -0.25) is 14.3 Å². The molecule has 3 aromatic heterocycles. The lowest BCUT2D eigenvalue weighted by atomic mass is 10.2. The van der Waals surface area contributed by atoms with E-state index in [0.717, 1.165) is 4.68 Å². The Balaban J connectivity index is 1.81. The quantitative estimate of drug-likeness (QED) is 0.286. The zero-order chi connectivity index (χ0) is 27.1. The first-order valence-corrected chi connectivity index (χ1v) is 10.8. The van der Waals surface area contributed by atoms with Crippen LogP contribution in [0.3, 0.4) is 0 Å². The van der Waals surface area contributed by atoms with Crippen LogP contribution in [0.4, 0.5) is 13.2 Å². The predicted molar refractivity (Wildman–Crippen MR) is 122 cm³/mol. The molecule has 0 aliphatic carbocycles. The molecule has 17 heteroatoms. The second kappa shape index (κ2) is 9.59. The van der Waals surface area contributed by atoms with Crippen molar-refractivity contribution in [2.45, 2.75) is 25.1 Å². The van der Waals surface area contributed by atoms with E-state index in [2.05, 4.69) is 20.2 Å². The highest BCUT2D eigenvalue weighted by atomic mass is 35.5. The zero-order valence-corrected chi connectivity index (χ0v) is 19.8. The Labute approximate surface area is 214 Å². The normalized spacial score (nSPS) is 12.2. The molecule has 0 bridgehead atoms. The highest BCUT2D eigenvalue weighted by molar-refractivity contribution is 6.32. The minimum Gasteiger partial charge on any atom is -0.363 e. The van der Waals surface area contributed by atoms with Gasteiger partial charge in [0.1, 0.15) is 12.2 Å². The van der Waals surface area contributed by atoms with Crippen LogP contribution in [0.25, 0.3) is 17.1 Å². The Bertz CT molecular complexity index is 1530. The summed E-state index contributed by atoms with van der Waals surface area (Å²) in [6.07, 6.45) is -2.81. The van der Waals surface area contributed by atoms with Crippen molar-refractivity contribution in [3.63, 3.8) is 0 Å². The molecule has 3 heterocycles. The number of benzene rings is 1. The van der Waals surface area contributed by atoms with Crippen molar-refractivity contribution in [1.29, 1.82) is 0 Å². The van der Waals surface area contributed by atoms with Gasteiger partial charge in [0.05, 0.1) is 17.8 Å². The first-order chi connectivity index (χ1) is 17.3. The highest BCUT2D eigenvalue weighted by Gasteiger charge is 2.53. The van der Waals surface area contributed by atoms with Crippen LogP contribution in [0, 0.1) is 0 Å². The number of pyridine rings is 1. The number of nitrogens with zero attached hydrogens (tertiary/aromatic N) is 7. The topological polar surface area (TPSA) is 167 Å². The van der Waals surface area contributed by atoms with Crippen LogP contribution in [0.1, 0.15) is 16.4 Å². The fourth-order valence-electron chi connectivity index (χ4n) is 3.22. The SMILES string of the molecule is NC(=O)c1nc(Cn2nc(-c3ccc(Cl)cc3)n(CC(O)(O)C(F)(F)F)c2=O)nn1-c1cnccc1Cl. The number of primary amides is 1. The summed E-state index contributed by atoms with van der Waals surface area (Å²) in [5, 5.41) is 27.8. The summed E-state index contributed by atoms with van der Waals surface area (Å²) in [5.74, 6) is -6.12. The highest BCUT2D eigenvalue weighted by Crippen LogP contribution is 2.30. The van der Waals surface area contributed by atoms with E-state index in [-0.39, 0.29) is 33.7 Å². The number of aliphatic hydroxyl groups is 2. The molecule has 0 aliphatic heterocycles. The summed E-state index contributed by atoms with van der Waals surface area (Å²) < 4.78 is 41.6. The third kappa shape index (κ3) is 5.20. The van der Waals surface area contributed by atoms with Gasteiger partial charge in [-0.25, -0.2) is 19.1 Å². The summed E-state index contributed by atoms with van der Waals surface area (Å²) in [4.78, 5) is 32.9. The number of amides is 1. The molecular formula is C20H15Cl2F3N8O4. The number of hydrogen-bond donors (Lipinski definition) is 3. The summed E-state index contributed by atoms with van der Waals surface area (Å²) in [5.41, 5.74) is 4.52. The van der Waals surface area contributed by atoms with Gasteiger partial charge in [0, 0.05) is 16.8 Å². The molecule has 1 amide bonds. The number of alkyl halides is 3. The number of nitrogens with two attached hydrogens (primary N) is 1. The van der Waals surface area contributed by atoms with Crippen molar-refractivity contribution in [3.8, 4) is 17.1 Å². The second-order valence-corrected chi connectivity index (χ2v) is 8.47. The monoisotopic (exact) mass is 558 g/mol. The molecule has 0 fully saturated rings. The lowest BCUT2D eigenvalue weighted by Gasteiger charge is -2.24. The number of halogens is 5. The van der Waals surface area contributed by atoms with E-state index < -0.39 is 36.6 Å². The lowest BCUT2D eigenvalue weighted by molar-refractivity contribution is -0.353. The third-order valence-corrected chi connectivity index (χ3v) is 5.57. The molecule has 0 atom stereocenters. The molecule has 4 aromatic rings. The molecule has 0 spiro atoms. The van der Waals surface area contributed by atoms with Gasteiger partial charge >= 0.3 is 11.9 Å². The standard InChI is InChI=1S/C20H15Cl2F3N8O4/c21-11-3-1-10(2-4-11)16-30-32(18(35)31(16)9-19(36,37)20(23,24)25)8-14-28-17(15(26)34)33(29-14)13-7-27-6-5-12(13)22/h1-7,36-37H,8-9H2,(H2,26,34). The van der Waals surface area contributed by atoms with Crippen LogP contribution in [0.2, 0.25) is 10.0 Å². The van der Waals surface area contributed by atoms with E-state index in [1.54, 1.807) is 0 Å². The maximum absolute atomic E-state index is 13.2. The van der Waals surface area contributed by atoms with E-state index in [4.69, 9.17) is 28.9 Å². The van der Waals surface area contributed by atoms with E-state index in [9.17, 15) is 33.0 Å². The fraction of sp³-hybridized carbons (Fsp3) is 0.200. The van der Waals surface area contributed by atoms with Crippen molar-refractivity contribution in [2.75, 3.05) is 0 Å². The maximum Gasteiger partial charge on any atom is 0.444 e. The molecular weight excluding hydrogens is 544 g/mol. The molecule has 4 N–H and O–H groups in total. The second-order valence-electron chi connectivity index (χ2n) is 7.63. The van der Waals surface area contributed by atoms with Gasteiger partial charge in [-0.15, -0.1) is 10.2 Å². The van der Waals surface area contributed by atoms with Crippen LogP contribution in [-0.2, 0) is 13.1 Å². The molecule has 194 valence electrons. The summed E-state index contributed by atoms with van der Waals surface area (Å²) in [6, 6.07) is 6.97. The lowest BCUT2D eigenvalue weighted by Crippen LogP contribution is -2.50. The van der Waals surface area contributed by atoms with E-state index in [1.807, 2.05) is 0 Å². The Morgan fingerprint density at radius 3 is 2.35 bits per heavy atom. The van der Waals surface area contributed by atoms with Crippen molar-refractivity contribution < 1.29 is 28.2 Å². The smallest absolute Gasteiger partial charge is 0.363 e. The molecule has 0 unspecified atom stereocenters. The van der Waals surface area contributed by atoms with Crippen LogP contribution in [-0.4, -0.2) is 62.2 Å². The summed E-state index contributed by atoms with van der Waals surface area (Å²) in [7, 11) is 0. The molecule has 4 rings (SSSR count). The Morgan fingerprint density at radius 1 is 1.08 bits per heavy atom. The maximum atomic E-state index is 13.2. The molecule has 1 aromatic carbocycles. The number of hydrogen-bond acceptors (Lipinski definition) is 8. The number of carbonyl (C=O) groups is 1. The van der Waals surface area contributed by atoms with Crippen molar-refractivity contribution >= 4 is 29.1 Å². The first kappa shape index (κ1) is 26.3. The first-order valence-electron chi connectivity index (χ1n) is 10.1.